The van der Waals surface area contributed by atoms with Crippen LogP contribution >= 0.6 is 11.3 Å². The molecule has 0 unspecified atom stereocenters. The fraction of sp³-hybridized carbons (Fsp3) is 0.304. The Balaban J connectivity index is 1.38. The molecular weight excluding hydrogens is 444 g/mol. The molecule has 1 amide bonds. The number of carbonyl (C=O) groups is 1. The number of amides is 1. The van der Waals surface area contributed by atoms with E-state index < -0.39 is 10.0 Å². The molecule has 4 rings (SSSR count). The topological polar surface area (TPSA) is 82.6 Å². The minimum Gasteiger partial charge on any atom is -0.336 e. The second-order valence-corrected chi connectivity index (χ2v) is 10.5. The summed E-state index contributed by atoms with van der Waals surface area (Å²) in [5, 5.41) is 3.11. The first-order valence-electron chi connectivity index (χ1n) is 10.4. The van der Waals surface area contributed by atoms with E-state index in [9.17, 15) is 13.2 Å². The maximum atomic E-state index is 13.1. The van der Waals surface area contributed by atoms with Gasteiger partial charge in [-0.25, -0.2) is 18.1 Å². The smallest absolute Gasteiger partial charge is 0.254 e. The lowest BCUT2D eigenvalue weighted by Crippen LogP contribution is -2.48. The van der Waals surface area contributed by atoms with Gasteiger partial charge in [0, 0.05) is 49.2 Å². The molecule has 1 fully saturated rings. The van der Waals surface area contributed by atoms with Crippen LogP contribution in [0, 0.1) is 6.92 Å². The lowest BCUT2D eigenvalue weighted by Gasteiger charge is -2.34. The maximum Gasteiger partial charge on any atom is 0.254 e. The molecule has 0 aliphatic carbocycles. The van der Waals surface area contributed by atoms with Crippen molar-refractivity contribution in [1.82, 2.24) is 19.5 Å². The summed E-state index contributed by atoms with van der Waals surface area (Å²) in [6.07, 6.45) is 0. The predicted octanol–water partition coefficient (Wildman–Crippen LogP) is 2.98. The zero-order valence-corrected chi connectivity index (χ0v) is 19.7. The normalized spacial score (nSPS) is 15.1. The Morgan fingerprint density at radius 2 is 1.81 bits per heavy atom. The highest BCUT2D eigenvalue weighted by Crippen LogP contribution is 2.24. The van der Waals surface area contributed by atoms with Gasteiger partial charge in [0.1, 0.15) is 5.01 Å². The quantitative estimate of drug-likeness (QED) is 0.599. The van der Waals surface area contributed by atoms with Crippen LogP contribution in [0.2, 0.25) is 0 Å². The van der Waals surface area contributed by atoms with Crippen LogP contribution in [-0.4, -0.2) is 62.3 Å². The molecule has 1 N–H and O–H groups in total. The molecule has 0 saturated carbocycles. The van der Waals surface area contributed by atoms with Gasteiger partial charge in [0.05, 0.1) is 10.6 Å². The Morgan fingerprint density at radius 3 is 2.50 bits per heavy atom. The van der Waals surface area contributed by atoms with Crippen molar-refractivity contribution in [2.45, 2.75) is 18.4 Å². The molecule has 9 heteroatoms. The molecule has 168 valence electrons. The van der Waals surface area contributed by atoms with Crippen LogP contribution in [0.5, 0.6) is 0 Å². The van der Waals surface area contributed by atoms with E-state index in [4.69, 9.17) is 4.98 Å². The van der Waals surface area contributed by atoms with E-state index in [0.717, 1.165) is 41.5 Å². The number of sulfonamides is 1. The summed E-state index contributed by atoms with van der Waals surface area (Å²) >= 11 is 1.64. The molecule has 2 heterocycles. The van der Waals surface area contributed by atoms with Crippen molar-refractivity contribution in [3.05, 3.63) is 70.7 Å². The number of piperazine rings is 1. The van der Waals surface area contributed by atoms with Crippen molar-refractivity contribution >= 4 is 27.3 Å². The average molecular weight is 471 g/mol. The number of aromatic nitrogens is 1. The number of rotatable bonds is 6. The molecule has 3 aromatic rings. The Hall–Kier alpha value is -2.59. The van der Waals surface area contributed by atoms with Crippen LogP contribution < -0.4 is 4.72 Å². The molecule has 1 saturated heterocycles. The van der Waals surface area contributed by atoms with Gasteiger partial charge in [-0.2, -0.15) is 0 Å². The molecule has 0 bridgehead atoms. The largest absolute Gasteiger partial charge is 0.336 e. The molecule has 1 aliphatic heterocycles. The van der Waals surface area contributed by atoms with E-state index in [0.29, 0.717) is 18.7 Å². The maximum absolute atomic E-state index is 13.1. The first-order chi connectivity index (χ1) is 15.4. The minimum absolute atomic E-state index is 0.102. The molecule has 0 spiro atoms. The van der Waals surface area contributed by atoms with E-state index in [1.54, 1.807) is 22.3 Å². The van der Waals surface area contributed by atoms with Gasteiger partial charge in [-0.05, 0) is 31.7 Å². The fourth-order valence-corrected chi connectivity index (χ4v) is 5.29. The Morgan fingerprint density at radius 1 is 1.09 bits per heavy atom. The highest BCUT2D eigenvalue weighted by molar-refractivity contribution is 7.89. The van der Waals surface area contributed by atoms with E-state index in [1.165, 1.54) is 19.2 Å². The second kappa shape index (κ2) is 9.50. The summed E-state index contributed by atoms with van der Waals surface area (Å²) in [6.45, 7) is 5.26. The Kier molecular flexibility index (Phi) is 6.71. The van der Waals surface area contributed by atoms with Crippen molar-refractivity contribution in [3.63, 3.8) is 0 Å². The number of benzene rings is 2. The van der Waals surface area contributed by atoms with Gasteiger partial charge >= 0.3 is 0 Å². The van der Waals surface area contributed by atoms with Gasteiger partial charge in [-0.3, -0.25) is 9.69 Å². The zero-order chi connectivity index (χ0) is 22.7. The van der Waals surface area contributed by atoms with Crippen LogP contribution in [0.3, 0.4) is 0 Å². The number of hydrogen-bond donors (Lipinski definition) is 1. The summed E-state index contributed by atoms with van der Waals surface area (Å²) in [5.74, 6) is -0.129. The molecular formula is C23H26N4O3S2. The molecule has 2 aromatic carbocycles. The van der Waals surface area contributed by atoms with Crippen molar-refractivity contribution in [1.29, 1.82) is 0 Å². The van der Waals surface area contributed by atoms with Crippen LogP contribution in [0.25, 0.3) is 10.6 Å². The Labute approximate surface area is 192 Å². The summed E-state index contributed by atoms with van der Waals surface area (Å²) in [5.41, 5.74) is 3.36. The fourth-order valence-electron chi connectivity index (χ4n) is 3.72. The average Bonchev–Trinajstić information content (AvgIpc) is 3.28. The van der Waals surface area contributed by atoms with Crippen molar-refractivity contribution in [2.24, 2.45) is 0 Å². The van der Waals surface area contributed by atoms with Crippen LogP contribution in [0.15, 0.2) is 58.8 Å². The third-order valence-electron chi connectivity index (χ3n) is 5.64. The van der Waals surface area contributed by atoms with Gasteiger partial charge in [0.25, 0.3) is 5.91 Å². The van der Waals surface area contributed by atoms with E-state index in [2.05, 4.69) is 27.1 Å². The number of nitrogens with zero attached hydrogens (tertiary/aromatic N) is 3. The van der Waals surface area contributed by atoms with Gasteiger partial charge in [0.2, 0.25) is 10.0 Å². The minimum atomic E-state index is -3.60. The molecule has 0 radical (unpaired) electrons. The standard InChI is InChI=1S/C23H26N4O3S2/c1-17-8-9-20(32(29,30)24-2)14-21(17)23(28)27-12-10-26(11-13-27)15-19-16-31-22(25-19)18-6-4-3-5-7-18/h3-9,14,16,24H,10-13,15H2,1-2H3. The second-order valence-electron chi connectivity index (χ2n) is 7.76. The summed E-state index contributed by atoms with van der Waals surface area (Å²) in [7, 11) is -2.24. The number of thiazole rings is 1. The number of aryl methyl sites for hydroxylation is 1. The predicted molar refractivity (Wildman–Crippen MR) is 126 cm³/mol. The number of carbonyl (C=O) groups excluding carboxylic acids is 1. The van der Waals surface area contributed by atoms with Gasteiger partial charge < -0.3 is 4.90 Å². The third kappa shape index (κ3) is 4.91. The van der Waals surface area contributed by atoms with Crippen LogP contribution in [0.4, 0.5) is 0 Å². The van der Waals surface area contributed by atoms with Gasteiger partial charge in [-0.1, -0.05) is 36.4 Å². The van der Waals surface area contributed by atoms with E-state index in [-0.39, 0.29) is 10.8 Å². The third-order valence-corrected chi connectivity index (χ3v) is 7.99. The molecule has 7 nitrogen and oxygen atoms in total. The monoisotopic (exact) mass is 470 g/mol. The van der Waals surface area contributed by atoms with E-state index in [1.807, 2.05) is 25.1 Å². The van der Waals surface area contributed by atoms with Crippen molar-refractivity contribution < 1.29 is 13.2 Å². The zero-order valence-electron chi connectivity index (χ0n) is 18.1. The summed E-state index contributed by atoms with van der Waals surface area (Å²) < 4.78 is 26.5. The molecule has 32 heavy (non-hydrogen) atoms. The lowest BCUT2D eigenvalue weighted by molar-refractivity contribution is 0.0626. The van der Waals surface area contributed by atoms with E-state index >= 15 is 0 Å². The van der Waals surface area contributed by atoms with Crippen molar-refractivity contribution in [2.75, 3.05) is 33.2 Å². The van der Waals surface area contributed by atoms with Crippen LogP contribution in [0.1, 0.15) is 21.6 Å². The highest BCUT2D eigenvalue weighted by atomic mass is 32.2. The van der Waals surface area contributed by atoms with Crippen molar-refractivity contribution in [3.8, 4) is 10.6 Å². The highest BCUT2D eigenvalue weighted by Gasteiger charge is 2.25. The summed E-state index contributed by atoms with van der Waals surface area (Å²) in [4.78, 5) is 22.0. The molecule has 0 atom stereocenters. The van der Waals surface area contributed by atoms with Gasteiger partial charge in [-0.15, -0.1) is 11.3 Å². The first kappa shape index (κ1) is 22.6. The number of hydrogen-bond acceptors (Lipinski definition) is 6. The molecule has 1 aliphatic rings. The SMILES string of the molecule is CNS(=O)(=O)c1ccc(C)c(C(=O)N2CCN(Cc3csc(-c4ccccc4)n3)CC2)c1. The lowest BCUT2D eigenvalue weighted by atomic mass is 10.1. The van der Waals surface area contributed by atoms with Crippen LogP contribution in [-0.2, 0) is 16.6 Å². The molecule has 1 aromatic heterocycles. The number of nitrogens with one attached hydrogen (secondary N) is 1. The first-order valence-corrected chi connectivity index (χ1v) is 12.8. The summed E-state index contributed by atoms with van der Waals surface area (Å²) in [6, 6.07) is 14.8. The Bertz CT molecular complexity index is 1200. The van der Waals surface area contributed by atoms with Gasteiger partial charge in [0.15, 0.2) is 0 Å².